The molecule has 2 heterocycles. The summed E-state index contributed by atoms with van der Waals surface area (Å²) in [5, 5.41) is 11.6. The Balaban J connectivity index is 0.00000602. The Hall–Kier alpha value is -7.91. The number of imidazole rings is 1. The second-order valence-corrected chi connectivity index (χ2v) is 19.1. The molecule has 1 aliphatic rings. The number of para-hydroxylation sites is 2. The zero-order chi connectivity index (χ0) is 50.2. The van der Waals surface area contributed by atoms with Gasteiger partial charge in [-0.05, 0) is 100 Å². The van der Waals surface area contributed by atoms with Crippen LogP contribution >= 0.6 is 0 Å². The molecule has 5 heteroatoms. The first-order valence-corrected chi connectivity index (χ1v) is 25.1. The zero-order valence-electron chi connectivity index (χ0n) is 42.5. The van der Waals surface area contributed by atoms with E-state index in [4.69, 9.17) is 9.97 Å². The van der Waals surface area contributed by atoms with Crippen LogP contribution < -0.4 is 0 Å². The third-order valence-electron chi connectivity index (χ3n) is 14.7. The number of hydrogen-bond donors (Lipinski definition) is 1. The van der Waals surface area contributed by atoms with Crippen LogP contribution in [0.5, 0.6) is 5.75 Å². The molecule has 1 N–H and O–H groups in total. The standard InChI is InChI=1S/C68H54N3O.Pt/c1-68(56-25-10-4-11-26-56,57-27-12-5-13-28-57)58-36-34-50(35-37-58)52-39-40-69-62(46-52)55-44-53(49-21-6-2-7-22-49)43-54(45-55)59-30-18-31-64-66(59)70-67(60-29-16-17-32-65(60)72)71(64)63-38-33-48(41-47-19-14-15-20-47)42-61(63)51-23-8-3-9-24-51;/h2-13,16-18,21-40,42-44,46-47,72H,14-15,19-20,41H2,1H3;/q-1;/i41D2;. The van der Waals surface area contributed by atoms with Gasteiger partial charge in [-0.1, -0.05) is 224 Å². The molecule has 1 aliphatic carbocycles. The molecule has 358 valence electrons. The average Bonchev–Trinajstić information content (AvgIpc) is 4.16. The van der Waals surface area contributed by atoms with Crippen molar-refractivity contribution in [3.8, 4) is 78.6 Å². The summed E-state index contributed by atoms with van der Waals surface area (Å²) < 4.78 is 21.0. The van der Waals surface area contributed by atoms with Gasteiger partial charge in [-0.2, -0.15) is 0 Å². The monoisotopic (exact) mass is 1130 g/mol. The molecule has 1 saturated carbocycles. The van der Waals surface area contributed by atoms with E-state index in [2.05, 4.69) is 181 Å². The van der Waals surface area contributed by atoms with E-state index in [1.54, 1.807) is 6.07 Å². The molecule has 0 unspecified atom stereocenters. The summed E-state index contributed by atoms with van der Waals surface area (Å²) in [7, 11) is 0. The first-order valence-electron chi connectivity index (χ1n) is 26.1. The summed E-state index contributed by atoms with van der Waals surface area (Å²) in [5.41, 5.74) is 16.4. The van der Waals surface area contributed by atoms with Crippen molar-refractivity contribution in [3.63, 3.8) is 0 Å². The van der Waals surface area contributed by atoms with Crippen LogP contribution in [-0.4, -0.2) is 19.6 Å². The Morgan fingerprint density at radius 3 is 1.82 bits per heavy atom. The van der Waals surface area contributed by atoms with Crippen molar-refractivity contribution in [3.05, 3.63) is 265 Å². The Kier molecular flexibility index (Phi) is 12.7. The quantitative estimate of drug-likeness (QED) is 0.0980. The van der Waals surface area contributed by atoms with Gasteiger partial charge in [0.05, 0.1) is 22.3 Å². The summed E-state index contributed by atoms with van der Waals surface area (Å²) in [6.45, 7) is 2.31. The second kappa shape index (κ2) is 20.7. The van der Waals surface area contributed by atoms with Crippen LogP contribution in [0, 0.1) is 12.0 Å². The van der Waals surface area contributed by atoms with Gasteiger partial charge in [0.25, 0.3) is 0 Å². The van der Waals surface area contributed by atoms with Crippen molar-refractivity contribution in [2.45, 2.75) is 44.4 Å². The van der Waals surface area contributed by atoms with Crippen LogP contribution in [0.25, 0.3) is 83.9 Å². The van der Waals surface area contributed by atoms with E-state index in [1.807, 2.05) is 66.9 Å². The minimum absolute atomic E-state index is 0. The molecule has 4 nitrogen and oxygen atoms in total. The normalized spacial score (nSPS) is 13.3. The summed E-state index contributed by atoms with van der Waals surface area (Å²) >= 11 is 0. The third kappa shape index (κ3) is 9.29. The van der Waals surface area contributed by atoms with Gasteiger partial charge in [0.1, 0.15) is 11.6 Å². The Morgan fingerprint density at radius 1 is 0.548 bits per heavy atom. The molecule has 0 spiro atoms. The van der Waals surface area contributed by atoms with Crippen molar-refractivity contribution in [1.29, 1.82) is 0 Å². The number of nitrogens with zero attached hydrogens (tertiary/aromatic N) is 3. The summed E-state index contributed by atoms with van der Waals surface area (Å²) in [4.78, 5) is 10.5. The van der Waals surface area contributed by atoms with Gasteiger partial charge in [0.15, 0.2) is 0 Å². The number of fused-ring (bicyclic) bond motifs is 1. The molecule has 1 fully saturated rings. The van der Waals surface area contributed by atoms with Crippen LogP contribution in [0.4, 0.5) is 0 Å². The molecule has 0 saturated heterocycles. The van der Waals surface area contributed by atoms with Crippen LogP contribution in [0.3, 0.4) is 0 Å². The molecule has 0 atom stereocenters. The van der Waals surface area contributed by atoms with E-state index in [-0.39, 0.29) is 38.1 Å². The van der Waals surface area contributed by atoms with E-state index in [1.165, 1.54) is 16.7 Å². The SMILES string of the molecule is [2H]C([2H])(c1ccc(-n2c(-c3ccccc3O)nc3c(-c4[c-]c(-c5cc(-c6ccc(C(C)(c7ccccc7)c7ccccc7)cc6)ccn5)cc(-c5ccccc5)c4)cccc32)c(-c2ccccc2)c1)C1CCCC1.[Pt]. The van der Waals surface area contributed by atoms with Crippen molar-refractivity contribution in [1.82, 2.24) is 14.5 Å². The largest absolute Gasteiger partial charge is 0.507 e. The molecular formula is C68H54N3OPt-. The van der Waals surface area contributed by atoms with Crippen molar-refractivity contribution in [2.75, 3.05) is 0 Å². The van der Waals surface area contributed by atoms with Crippen molar-refractivity contribution in [2.24, 2.45) is 5.92 Å². The number of rotatable bonds is 12. The van der Waals surface area contributed by atoms with Gasteiger partial charge >= 0.3 is 0 Å². The maximum Gasteiger partial charge on any atom is 0.148 e. The van der Waals surface area contributed by atoms with Crippen LogP contribution in [0.2, 0.25) is 0 Å². The average molecular weight is 1130 g/mol. The molecular weight excluding hydrogens is 1070 g/mol. The van der Waals surface area contributed by atoms with E-state index in [0.29, 0.717) is 17.0 Å². The number of phenols is 1. The zero-order valence-corrected chi connectivity index (χ0v) is 42.8. The van der Waals surface area contributed by atoms with Crippen molar-refractivity contribution < 1.29 is 28.9 Å². The van der Waals surface area contributed by atoms with Crippen LogP contribution in [0.1, 0.15) is 57.6 Å². The van der Waals surface area contributed by atoms with Gasteiger partial charge < -0.3 is 5.11 Å². The van der Waals surface area contributed by atoms with Gasteiger partial charge in [0, 0.05) is 46.7 Å². The molecule has 73 heavy (non-hydrogen) atoms. The smallest absolute Gasteiger partial charge is 0.148 e. The number of pyridine rings is 1. The molecule has 0 amide bonds. The minimum Gasteiger partial charge on any atom is -0.507 e. The summed E-state index contributed by atoms with van der Waals surface area (Å²) in [6, 6.07) is 83.0. The Morgan fingerprint density at radius 2 is 1.14 bits per heavy atom. The van der Waals surface area contributed by atoms with Gasteiger partial charge in [-0.25, -0.2) is 4.98 Å². The maximum atomic E-state index is 11.6. The third-order valence-corrected chi connectivity index (χ3v) is 14.7. The predicted octanol–water partition coefficient (Wildman–Crippen LogP) is 17.0. The Labute approximate surface area is 445 Å². The number of phenolic OH excluding ortho intramolecular Hbond substituents is 1. The van der Waals surface area contributed by atoms with Gasteiger partial charge in [-0.3, -0.25) is 9.55 Å². The maximum absolute atomic E-state index is 11.6. The topological polar surface area (TPSA) is 50.9 Å². The van der Waals surface area contributed by atoms with Crippen molar-refractivity contribution >= 4 is 11.0 Å². The predicted molar refractivity (Wildman–Crippen MR) is 296 cm³/mol. The van der Waals surface area contributed by atoms with Crippen LogP contribution in [0.15, 0.2) is 237 Å². The van der Waals surface area contributed by atoms with E-state index in [0.717, 1.165) is 98.2 Å². The fourth-order valence-corrected chi connectivity index (χ4v) is 10.8. The van der Waals surface area contributed by atoms with Gasteiger partial charge in [0.2, 0.25) is 0 Å². The minimum atomic E-state index is -1.49. The molecule has 11 aromatic rings. The molecule has 12 rings (SSSR count). The molecule has 0 bridgehead atoms. The Bertz CT molecular complexity index is 3740. The molecule has 0 aliphatic heterocycles. The molecule has 0 radical (unpaired) electrons. The van der Waals surface area contributed by atoms with E-state index in [9.17, 15) is 7.85 Å². The number of benzene rings is 9. The fourth-order valence-electron chi connectivity index (χ4n) is 10.8. The number of aromatic hydroxyl groups is 1. The number of aromatic nitrogens is 3. The van der Waals surface area contributed by atoms with Crippen LogP contribution in [-0.2, 0) is 32.9 Å². The molecule has 9 aromatic carbocycles. The summed E-state index contributed by atoms with van der Waals surface area (Å²) in [5.74, 6) is 0.648. The fraction of sp³-hybridized carbons (Fsp3) is 0.118. The van der Waals surface area contributed by atoms with E-state index >= 15 is 0 Å². The van der Waals surface area contributed by atoms with Gasteiger partial charge in [-0.15, -0.1) is 23.8 Å². The summed E-state index contributed by atoms with van der Waals surface area (Å²) in [6.07, 6.45) is 4.26. The molecule has 2 aromatic heterocycles. The first kappa shape index (κ1) is 45.0. The first-order chi connectivity index (χ1) is 36.2. The second-order valence-electron chi connectivity index (χ2n) is 19.1. The number of hydrogen-bond acceptors (Lipinski definition) is 3. The van der Waals surface area contributed by atoms with E-state index < -0.39 is 6.37 Å².